The molecule has 1 aliphatic heterocycles. The molecule has 0 amide bonds. The number of aliphatic imine (C=N–C) groups is 1. The molecule has 2 N–H and O–H groups in total. The van der Waals surface area contributed by atoms with Crippen molar-refractivity contribution >= 4 is 29.9 Å². The molecule has 4 nitrogen and oxygen atoms in total. The third-order valence-corrected chi connectivity index (χ3v) is 4.63. The van der Waals surface area contributed by atoms with Crippen LogP contribution >= 0.6 is 24.0 Å². The predicted octanol–water partition coefficient (Wildman–Crippen LogP) is 3.32. The van der Waals surface area contributed by atoms with E-state index in [1.807, 2.05) is 6.92 Å². The van der Waals surface area contributed by atoms with Gasteiger partial charge in [-0.1, -0.05) is 13.8 Å². The minimum absolute atomic E-state index is 0. The van der Waals surface area contributed by atoms with Crippen LogP contribution in [0.15, 0.2) is 4.99 Å². The second-order valence-electron chi connectivity index (χ2n) is 6.67. The van der Waals surface area contributed by atoms with Gasteiger partial charge in [0.2, 0.25) is 0 Å². The molecular weight excluding hydrogens is 422 g/mol. The molecule has 1 saturated heterocycles. The number of hydrogen-bond donors (Lipinski definition) is 2. The van der Waals surface area contributed by atoms with Crippen LogP contribution in [0.4, 0.5) is 13.2 Å². The summed E-state index contributed by atoms with van der Waals surface area (Å²) in [4.78, 5) is 4.06. The lowest BCUT2D eigenvalue weighted by atomic mass is 9.55. The molecule has 23 heavy (non-hydrogen) atoms. The van der Waals surface area contributed by atoms with Crippen LogP contribution in [0.3, 0.4) is 0 Å². The molecule has 3 atom stereocenters. The zero-order chi connectivity index (χ0) is 16.4. The Morgan fingerprint density at radius 1 is 1.35 bits per heavy atom. The molecule has 8 heteroatoms. The third kappa shape index (κ3) is 5.11. The molecule has 136 valence electrons. The van der Waals surface area contributed by atoms with Gasteiger partial charge in [0.05, 0.1) is 19.1 Å². The van der Waals surface area contributed by atoms with Gasteiger partial charge in [-0.15, -0.1) is 24.0 Å². The summed E-state index contributed by atoms with van der Waals surface area (Å²) < 4.78 is 42.6. The Morgan fingerprint density at radius 3 is 2.65 bits per heavy atom. The highest BCUT2D eigenvalue weighted by Gasteiger charge is 2.58. The van der Waals surface area contributed by atoms with E-state index in [2.05, 4.69) is 29.5 Å². The summed E-state index contributed by atoms with van der Waals surface area (Å²) in [6.45, 7) is 7.34. The number of nitrogens with one attached hydrogen (secondary N) is 2. The van der Waals surface area contributed by atoms with Gasteiger partial charge in [-0.2, -0.15) is 13.2 Å². The first-order valence-corrected chi connectivity index (χ1v) is 7.99. The van der Waals surface area contributed by atoms with Gasteiger partial charge in [0.25, 0.3) is 0 Å². The van der Waals surface area contributed by atoms with Crippen LogP contribution in [-0.4, -0.2) is 44.0 Å². The van der Waals surface area contributed by atoms with Crippen molar-refractivity contribution in [3.05, 3.63) is 0 Å². The normalized spacial score (nSPS) is 29.8. The maximum absolute atomic E-state index is 12.2. The van der Waals surface area contributed by atoms with Crippen molar-refractivity contribution in [2.75, 3.05) is 19.7 Å². The van der Waals surface area contributed by atoms with Crippen LogP contribution in [0.1, 0.15) is 40.0 Å². The Hall–Kier alpha value is -0.250. The average Bonchev–Trinajstić information content (AvgIpc) is 2.43. The van der Waals surface area contributed by atoms with E-state index >= 15 is 0 Å². The first-order valence-electron chi connectivity index (χ1n) is 7.99. The lowest BCUT2D eigenvalue weighted by molar-refractivity contribution is -0.188. The minimum atomic E-state index is -4.17. The molecule has 0 radical (unpaired) electrons. The van der Waals surface area contributed by atoms with Gasteiger partial charge in [0.15, 0.2) is 5.96 Å². The molecule has 0 bridgehead atoms. The van der Waals surface area contributed by atoms with E-state index in [0.29, 0.717) is 18.4 Å². The zero-order valence-corrected chi connectivity index (χ0v) is 16.2. The van der Waals surface area contributed by atoms with Gasteiger partial charge < -0.3 is 15.4 Å². The van der Waals surface area contributed by atoms with Crippen LogP contribution < -0.4 is 10.6 Å². The van der Waals surface area contributed by atoms with Crippen LogP contribution in [0.25, 0.3) is 0 Å². The van der Waals surface area contributed by atoms with Crippen molar-refractivity contribution in [2.24, 2.45) is 16.3 Å². The maximum atomic E-state index is 12.2. The highest BCUT2D eigenvalue weighted by atomic mass is 127. The van der Waals surface area contributed by atoms with Gasteiger partial charge in [-0.05, 0) is 19.8 Å². The smallest absolute Gasteiger partial charge is 0.377 e. The number of hydrogen-bond acceptors (Lipinski definition) is 2. The van der Waals surface area contributed by atoms with E-state index < -0.39 is 12.6 Å². The van der Waals surface area contributed by atoms with Crippen molar-refractivity contribution in [3.8, 4) is 0 Å². The van der Waals surface area contributed by atoms with E-state index in [1.165, 1.54) is 0 Å². The summed E-state index contributed by atoms with van der Waals surface area (Å²) in [7, 11) is 0. The van der Waals surface area contributed by atoms with Crippen LogP contribution in [0.5, 0.6) is 0 Å². The third-order valence-electron chi connectivity index (χ3n) is 4.63. The predicted molar refractivity (Wildman–Crippen MR) is 95.2 cm³/mol. The quantitative estimate of drug-likeness (QED) is 0.394. The number of nitrogens with zero attached hydrogens (tertiary/aromatic N) is 1. The fourth-order valence-corrected chi connectivity index (χ4v) is 3.58. The van der Waals surface area contributed by atoms with Crippen LogP contribution in [0.2, 0.25) is 0 Å². The van der Waals surface area contributed by atoms with Gasteiger partial charge in [-0.25, -0.2) is 0 Å². The summed E-state index contributed by atoms with van der Waals surface area (Å²) in [5.41, 5.74) is -0.0364. The molecule has 0 aromatic heterocycles. The molecule has 2 rings (SSSR count). The summed E-state index contributed by atoms with van der Waals surface area (Å²) in [6.07, 6.45) is -2.70. The van der Waals surface area contributed by atoms with E-state index in [9.17, 15) is 13.2 Å². The SMILES string of the molecule is CCNC(=NCCC(F)(F)F)NC1C2CCCOC2C1(C)C.I. The first-order chi connectivity index (χ1) is 10.3. The van der Waals surface area contributed by atoms with Crippen molar-refractivity contribution in [1.82, 2.24) is 10.6 Å². The summed E-state index contributed by atoms with van der Waals surface area (Å²) >= 11 is 0. The fourth-order valence-electron chi connectivity index (χ4n) is 3.58. The molecule has 0 aromatic carbocycles. The topological polar surface area (TPSA) is 45.7 Å². The number of fused-ring (bicyclic) bond motifs is 1. The van der Waals surface area contributed by atoms with Crippen molar-refractivity contribution in [3.63, 3.8) is 0 Å². The molecule has 1 heterocycles. The Kier molecular flexibility index (Phi) is 7.43. The number of halogens is 4. The second kappa shape index (κ2) is 8.22. The highest BCUT2D eigenvalue weighted by molar-refractivity contribution is 14.0. The molecule has 0 aromatic rings. The van der Waals surface area contributed by atoms with Gasteiger partial charge in [0, 0.05) is 30.5 Å². The Bertz CT molecular complexity index is 415. The van der Waals surface area contributed by atoms with E-state index in [-0.39, 0.29) is 48.1 Å². The monoisotopic (exact) mass is 449 g/mol. The van der Waals surface area contributed by atoms with Crippen LogP contribution in [-0.2, 0) is 4.74 Å². The van der Waals surface area contributed by atoms with Crippen molar-refractivity contribution in [2.45, 2.75) is 58.4 Å². The molecular formula is C15H27F3IN3O. The lowest BCUT2D eigenvalue weighted by Gasteiger charge is -2.60. The fraction of sp³-hybridized carbons (Fsp3) is 0.933. The number of alkyl halides is 3. The van der Waals surface area contributed by atoms with E-state index in [4.69, 9.17) is 4.74 Å². The summed E-state index contributed by atoms with van der Waals surface area (Å²) in [5, 5.41) is 6.35. The van der Waals surface area contributed by atoms with Gasteiger partial charge in [-0.3, -0.25) is 4.99 Å². The van der Waals surface area contributed by atoms with Crippen molar-refractivity contribution < 1.29 is 17.9 Å². The van der Waals surface area contributed by atoms with Crippen molar-refractivity contribution in [1.29, 1.82) is 0 Å². The Labute approximate surface area is 153 Å². The largest absolute Gasteiger partial charge is 0.390 e. The minimum Gasteiger partial charge on any atom is -0.377 e. The standard InChI is InChI=1S/C15H26F3N3O.HI/c1-4-19-13(20-8-7-15(16,17)18)21-11-10-6-5-9-22-12(10)14(11,2)3;/h10-12H,4-9H2,1-3H3,(H2,19,20,21);1H. The summed E-state index contributed by atoms with van der Waals surface area (Å²) in [6, 6.07) is 0.182. The lowest BCUT2D eigenvalue weighted by Crippen LogP contribution is -2.71. The first kappa shape index (κ1) is 20.8. The van der Waals surface area contributed by atoms with Gasteiger partial charge >= 0.3 is 6.18 Å². The average molecular weight is 449 g/mol. The highest BCUT2D eigenvalue weighted by Crippen LogP contribution is 2.51. The number of guanidine groups is 1. The van der Waals surface area contributed by atoms with Gasteiger partial charge in [0.1, 0.15) is 0 Å². The molecule has 2 fully saturated rings. The molecule has 3 unspecified atom stereocenters. The maximum Gasteiger partial charge on any atom is 0.390 e. The van der Waals surface area contributed by atoms with E-state index in [1.54, 1.807) is 0 Å². The van der Waals surface area contributed by atoms with E-state index in [0.717, 1.165) is 19.4 Å². The number of ether oxygens (including phenoxy) is 1. The summed E-state index contributed by atoms with van der Waals surface area (Å²) in [5.74, 6) is 0.879. The molecule has 0 spiro atoms. The molecule has 1 saturated carbocycles. The molecule has 2 aliphatic rings. The molecule has 1 aliphatic carbocycles. The van der Waals surface area contributed by atoms with Crippen LogP contribution in [0, 0.1) is 11.3 Å². The Morgan fingerprint density at radius 2 is 2.04 bits per heavy atom. The number of rotatable bonds is 4. The zero-order valence-electron chi connectivity index (χ0n) is 13.9. The Balaban J connectivity index is 0.00000264. The second-order valence-corrected chi connectivity index (χ2v) is 6.67.